The molecule has 0 aliphatic rings. The van der Waals surface area contributed by atoms with Crippen LogP contribution < -0.4 is 5.73 Å². The molecular formula is C13H14ClN3O2S. The van der Waals surface area contributed by atoms with E-state index in [1.54, 1.807) is 24.3 Å². The molecule has 5 nitrogen and oxygen atoms in total. The maximum atomic E-state index is 12.4. The summed E-state index contributed by atoms with van der Waals surface area (Å²) in [6, 6.07) is 8.45. The summed E-state index contributed by atoms with van der Waals surface area (Å²) in [5, 5.41) is 0.607. The Morgan fingerprint density at radius 3 is 2.50 bits per heavy atom. The molecule has 2 rings (SSSR count). The normalized spacial score (nSPS) is 11.8. The number of hydrogen-bond donors (Lipinski definition) is 1. The van der Waals surface area contributed by atoms with Crippen molar-refractivity contribution in [2.75, 3.05) is 12.8 Å². The maximum absolute atomic E-state index is 12.4. The summed E-state index contributed by atoms with van der Waals surface area (Å²) in [6.07, 6.45) is 2.70. The van der Waals surface area contributed by atoms with Gasteiger partial charge >= 0.3 is 0 Å². The van der Waals surface area contributed by atoms with Crippen LogP contribution in [-0.4, -0.2) is 24.8 Å². The highest BCUT2D eigenvalue weighted by atomic mass is 35.5. The number of sulfonamides is 1. The first-order valence-corrected chi connectivity index (χ1v) is 7.63. The molecule has 0 aliphatic carbocycles. The standard InChI is InChI=1S/C13H14ClN3O2S/c1-17(9-10-2-4-11(14)5-3-10)20(18,19)13-8-16-7-6-12(13)15/h2-8H,9H2,1H3,(H2,15,16). The SMILES string of the molecule is CN(Cc1ccc(Cl)cc1)S(=O)(=O)c1cnccc1N. The fourth-order valence-electron chi connectivity index (χ4n) is 1.71. The predicted octanol–water partition coefficient (Wildman–Crippen LogP) is 2.14. The zero-order valence-corrected chi connectivity index (χ0v) is 12.4. The fourth-order valence-corrected chi connectivity index (χ4v) is 3.05. The Morgan fingerprint density at radius 1 is 1.25 bits per heavy atom. The van der Waals surface area contributed by atoms with Gasteiger partial charge in [-0.05, 0) is 23.8 Å². The summed E-state index contributed by atoms with van der Waals surface area (Å²) in [7, 11) is -2.17. The maximum Gasteiger partial charge on any atom is 0.246 e. The number of nitrogen functional groups attached to an aromatic ring is 1. The van der Waals surface area contributed by atoms with Crippen molar-refractivity contribution in [3.8, 4) is 0 Å². The van der Waals surface area contributed by atoms with Gasteiger partial charge in [0.15, 0.2) is 0 Å². The van der Waals surface area contributed by atoms with E-state index < -0.39 is 10.0 Å². The first-order valence-electron chi connectivity index (χ1n) is 5.81. The monoisotopic (exact) mass is 311 g/mol. The number of pyridine rings is 1. The second-order valence-electron chi connectivity index (χ2n) is 4.30. The predicted molar refractivity (Wildman–Crippen MR) is 78.8 cm³/mol. The van der Waals surface area contributed by atoms with Crippen LogP contribution in [0, 0.1) is 0 Å². The number of nitrogens with zero attached hydrogens (tertiary/aromatic N) is 2. The van der Waals surface area contributed by atoms with E-state index in [0.717, 1.165) is 5.56 Å². The summed E-state index contributed by atoms with van der Waals surface area (Å²) in [5.74, 6) is 0. The van der Waals surface area contributed by atoms with Crippen LogP contribution in [0.3, 0.4) is 0 Å². The molecule has 1 aromatic carbocycles. The number of aromatic nitrogens is 1. The van der Waals surface area contributed by atoms with E-state index in [-0.39, 0.29) is 17.1 Å². The average molecular weight is 312 g/mol. The average Bonchev–Trinajstić information content (AvgIpc) is 2.41. The Kier molecular flexibility index (Phi) is 4.27. The second kappa shape index (κ2) is 5.78. The Labute approximate surface area is 123 Å². The smallest absolute Gasteiger partial charge is 0.246 e. The minimum atomic E-state index is -3.67. The quantitative estimate of drug-likeness (QED) is 0.938. The van der Waals surface area contributed by atoms with Crippen molar-refractivity contribution in [2.45, 2.75) is 11.4 Å². The van der Waals surface area contributed by atoms with Gasteiger partial charge in [-0.15, -0.1) is 0 Å². The van der Waals surface area contributed by atoms with Crippen molar-refractivity contribution >= 4 is 27.3 Å². The van der Waals surface area contributed by atoms with Gasteiger partial charge in [0.2, 0.25) is 10.0 Å². The molecule has 0 aliphatic heterocycles. The minimum Gasteiger partial charge on any atom is -0.398 e. The molecule has 2 N–H and O–H groups in total. The van der Waals surface area contributed by atoms with Gasteiger partial charge in [0.05, 0.1) is 5.69 Å². The lowest BCUT2D eigenvalue weighted by Crippen LogP contribution is -2.27. The van der Waals surface area contributed by atoms with E-state index in [0.29, 0.717) is 5.02 Å². The van der Waals surface area contributed by atoms with Crippen molar-refractivity contribution in [3.63, 3.8) is 0 Å². The summed E-state index contributed by atoms with van der Waals surface area (Å²) in [4.78, 5) is 3.82. The number of hydrogen-bond acceptors (Lipinski definition) is 4. The highest BCUT2D eigenvalue weighted by molar-refractivity contribution is 7.89. The summed E-state index contributed by atoms with van der Waals surface area (Å²) in [6.45, 7) is 0.230. The second-order valence-corrected chi connectivity index (χ2v) is 6.75. The van der Waals surface area contributed by atoms with Crippen molar-refractivity contribution in [2.24, 2.45) is 0 Å². The first kappa shape index (κ1) is 14.8. The number of rotatable bonds is 4. The van der Waals surface area contributed by atoms with Gasteiger partial charge in [-0.2, -0.15) is 4.31 Å². The fraction of sp³-hybridized carbons (Fsp3) is 0.154. The highest BCUT2D eigenvalue weighted by Gasteiger charge is 2.23. The van der Waals surface area contributed by atoms with E-state index >= 15 is 0 Å². The number of nitrogens with two attached hydrogens (primary N) is 1. The highest BCUT2D eigenvalue weighted by Crippen LogP contribution is 2.21. The molecule has 1 aromatic heterocycles. The van der Waals surface area contributed by atoms with Crippen LogP contribution in [0.2, 0.25) is 5.02 Å². The van der Waals surface area contributed by atoms with Gasteiger partial charge in [0, 0.05) is 31.0 Å². The minimum absolute atomic E-state index is 0.0106. The summed E-state index contributed by atoms with van der Waals surface area (Å²) >= 11 is 5.80. The Morgan fingerprint density at radius 2 is 1.90 bits per heavy atom. The van der Waals surface area contributed by atoms with Gasteiger partial charge in [-0.25, -0.2) is 8.42 Å². The third kappa shape index (κ3) is 3.09. The molecule has 106 valence electrons. The molecule has 0 fully saturated rings. The number of anilines is 1. The molecule has 1 heterocycles. The Balaban J connectivity index is 2.26. The molecule has 0 radical (unpaired) electrons. The van der Waals surface area contributed by atoms with Crippen LogP contribution in [0.1, 0.15) is 5.56 Å². The van der Waals surface area contributed by atoms with Crippen LogP contribution in [0.4, 0.5) is 5.69 Å². The third-order valence-corrected chi connectivity index (χ3v) is 4.92. The van der Waals surface area contributed by atoms with Crippen molar-refractivity contribution in [3.05, 3.63) is 53.3 Å². The number of benzene rings is 1. The van der Waals surface area contributed by atoms with Crippen LogP contribution >= 0.6 is 11.6 Å². The summed E-state index contributed by atoms with van der Waals surface area (Å²) < 4.78 is 26.0. The summed E-state index contributed by atoms with van der Waals surface area (Å²) in [5.41, 5.74) is 6.71. The van der Waals surface area contributed by atoms with Crippen LogP contribution in [0.25, 0.3) is 0 Å². The molecule has 0 spiro atoms. The third-order valence-electron chi connectivity index (χ3n) is 2.82. The van der Waals surface area contributed by atoms with Crippen LogP contribution in [-0.2, 0) is 16.6 Å². The zero-order chi connectivity index (χ0) is 14.8. The largest absolute Gasteiger partial charge is 0.398 e. The van der Waals surface area contributed by atoms with Gasteiger partial charge in [0.25, 0.3) is 0 Å². The molecule has 7 heteroatoms. The van der Waals surface area contributed by atoms with Crippen molar-refractivity contribution < 1.29 is 8.42 Å². The van der Waals surface area contributed by atoms with E-state index in [1.807, 2.05) is 0 Å². The molecule has 0 amide bonds. The topological polar surface area (TPSA) is 76.3 Å². The molecular weight excluding hydrogens is 298 g/mol. The lowest BCUT2D eigenvalue weighted by Gasteiger charge is -2.18. The van der Waals surface area contributed by atoms with Gasteiger partial charge in [0.1, 0.15) is 4.90 Å². The lowest BCUT2D eigenvalue weighted by atomic mass is 10.2. The molecule has 0 saturated heterocycles. The molecule has 20 heavy (non-hydrogen) atoms. The van der Waals surface area contributed by atoms with Crippen molar-refractivity contribution in [1.82, 2.24) is 9.29 Å². The Bertz CT molecular complexity index is 702. The van der Waals surface area contributed by atoms with Crippen LogP contribution in [0.5, 0.6) is 0 Å². The Hall–Kier alpha value is -1.63. The van der Waals surface area contributed by atoms with E-state index in [1.165, 1.54) is 29.8 Å². The lowest BCUT2D eigenvalue weighted by molar-refractivity contribution is 0.467. The molecule has 0 saturated carbocycles. The van der Waals surface area contributed by atoms with Gasteiger partial charge in [-0.3, -0.25) is 4.98 Å². The van der Waals surface area contributed by atoms with E-state index in [9.17, 15) is 8.42 Å². The van der Waals surface area contributed by atoms with Crippen LogP contribution in [0.15, 0.2) is 47.6 Å². The first-order chi connectivity index (χ1) is 9.41. The zero-order valence-electron chi connectivity index (χ0n) is 10.8. The molecule has 0 bridgehead atoms. The van der Waals surface area contributed by atoms with E-state index in [4.69, 9.17) is 17.3 Å². The van der Waals surface area contributed by atoms with Gasteiger partial charge in [-0.1, -0.05) is 23.7 Å². The molecule has 2 aromatic rings. The van der Waals surface area contributed by atoms with Crippen molar-refractivity contribution in [1.29, 1.82) is 0 Å². The molecule has 0 atom stereocenters. The number of halogens is 1. The van der Waals surface area contributed by atoms with E-state index in [2.05, 4.69) is 4.98 Å². The molecule has 0 unspecified atom stereocenters. The van der Waals surface area contributed by atoms with Gasteiger partial charge < -0.3 is 5.73 Å².